The van der Waals surface area contributed by atoms with E-state index < -0.39 is 0 Å². The number of benzene rings is 1. The maximum atomic E-state index is 12.4. The van der Waals surface area contributed by atoms with Crippen LogP contribution in [0.15, 0.2) is 53.5 Å². The summed E-state index contributed by atoms with van der Waals surface area (Å²) in [6.45, 7) is 5.87. The molecule has 0 radical (unpaired) electrons. The number of nitrogens with one attached hydrogen (secondary N) is 2. The summed E-state index contributed by atoms with van der Waals surface area (Å²) < 4.78 is 0. The lowest BCUT2D eigenvalue weighted by atomic mass is 10.1. The monoisotopic (exact) mass is 336 g/mol. The van der Waals surface area contributed by atoms with Crippen molar-refractivity contribution in [2.75, 3.05) is 23.3 Å². The van der Waals surface area contributed by atoms with E-state index in [-0.39, 0.29) is 17.2 Å². The molecule has 6 heteroatoms. The van der Waals surface area contributed by atoms with E-state index in [2.05, 4.69) is 34.0 Å². The lowest BCUT2D eigenvalue weighted by Crippen LogP contribution is -2.23. The number of carbonyl (C=O) groups is 1. The van der Waals surface area contributed by atoms with Crippen molar-refractivity contribution in [3.63, 3.8) is 0 Å². The first-order chi connectivity index (χ1) is 12.1. The molecule has 1 aromatic carbocycles. The van der Waals surface area contributed by atoms with Crippen LogP contribution in [0.3, 0.4) is 0 Å². The van der Waals surface area contributed by atoms with Crippen LogP contribution in [0.1, 0.15) is 24.3 Å². The van der Waals surface area contributed by atoms with Crippen molar-refractivity contribution in [2.24, 2.45) is 0 Å². The first-order valence-electron chi connectivity index (χ1n) is 8.26. The molecule has 3 rings (SSSR count). The van der Waals surface area contributed by atoms with Gasteiger partial charge in [-0.25, -0.2) is 4.98 Å². The average Bonchev–Trinajstić information content (AvgIpc) is 2.64. The molecule has 0 fully saturated rings. The molecule has 0 atom stereocenters. The smallest absolute Gasteiger partial charge is 0.272 e. The van der Waals surface area contributed by atoms with E-state index in [0.717, 1.165) is 24.3 Å². The fourth-order valence-corrected chi connectivity index (χ4v) is 2.73. The van der Waals surface area contributed by atoms with E-state index in [1.807, 2.05) is 18.2 Å². The second kappa shape index (κ2) is 7.17. The molecule has 0 saturated heterocycles. The van der Waals surface area contributed by atoms with Crippen LogP contribution in [0.25, 0.3) is 10.8 Å². The van der Waals surface area contributed by atoms with Gasteiger partial charge in [-0.3, -0.25) is 9.59 Å². The van der Waals surface area contributed by atoms with E-state index in [1.165, 1.54) is 0 Å². The van der Waals surface area contributed by atoms with Crippen molar-refractivity contribution in [1.82, 2.24) is 9.97 Å². The number of pyridine rings is 2. The normalized spacial score (nSPS) is 10.6. The fraction of sp³-hybridized carbons (Fsp3) is 0.211. The Balaban J connectivity index is 1.81. The van der Waals surface area contributed by atoms with Gasteiger partial charge in [0.25, 0.3) is 11.5 Å². The van der Waals surface area contributed by atoms with Crippen LogP contribution >= 0.6 is 0 Å². The van der Waals surface area contributed by atoms with Crippen molar-refractivity contribution in [3.05, 3.63) is 64.7 Å². The van der Waals surface area contributed by atoms with Crippen molar-refractivity contribution in [1.29, 1.82) is 0 Å². The number of rotatable bonds is 5. The Morgan fingerprint density at radius 3 is 2.60 bits per heavy atom. The molecular formula is C19H20N4O2. The molecule has 0 unspecified atom stereocenters. The van der Waals surface area contributed by atoms with Crippen LogP contribution in [0, 0.1) is 0 Å². The number of aromatic amines is 1. The summed E-state index contributed by atoms with van der Waals surface area (Å²) >= 11 is 0. The number of amides is 1. The van der Waals surface area contributed by atoms with Crippen LogP contribution in [0.4, 0.5) is 11.5 Å². The lowest BCUT2D eigenvalue weighted by molar-refractivity contribution is 0.102. The van der Waals surface area contributed by atoms with E-state index in [0.29, 0.717) is 11.1 Å². The fourth-order valence-electron chi connectivity index (χ4n) is 2.73. The van der Waals surface area contributed by atoms with Gasteiger partial charge in [-0.1, -0.05) is 18.2 Å². The highest BCUT2D eigenvalue weighted by atomic mass is 16.2. The summed E-state index contributed by atoms with van der Waals surface area (Å²) in [5.41, 5.74) is 0.518. The predicted octanol–water partition coefficient (Wildman–Crippen LogP) is 3.02. The Bertz CT molecular complexity index is 944. The molecule has 128 valence electrons. The third-order valence-corrected chi connectivity index (χ3v) is 4.09. The van der Waals surface area contributed by atoms with Crippen molar-refractivity contribution >= 4 is 28.2 Å². The quantitative estimate of drug-likeness (QED) is 0.751. The molecule has 0 bridgehead atoms. The molecule has 0 aliphatic carbocycles. The maximum Gasteiger partial charge on any atom is 0.272 e. The number of fused-ring (bicyclic) bond motifs is 1. The minimum absolute atomic E-state index is 0.219. The number of hydrogen-bond acceptors (Lipinski definition) is 4. The van der Waals surface area contributed by atoms with Gasteiger partial charge in [0, 0.05) is 18.5 Å². The van der Waals surface area contributed by atoms with Crippen LogP contribution < -0.4 is 15.8 Å². The summed E-state index contributed by atoms with van der Waals surface area (Å²) in [7, 11) is 0. The van der Waals surface area contributed by atoms with Gasteiger partial charge in [-0.2, -0.15) is 0 Å². The van der Waals surface area contributed by atoms with E-state index in [1.54, 1.807) is 30.5 Å². The highest BCUT2D eigenvalue weighted by Crippen LogP contribution is 2.15. The Hall–Kier alpha value is -3.15. The van der Waals surface area contributed by atoms with Crippen LogP contribution in [-0.2, 0) is 0 Å². The Kier molecular flexibility index (Phi) is 4.79. The molecular weight excluding hydrogens is 316 g/mol. The van der Waals surface area contributed by atoms with Crippen LogP contribution in [0.5, 0.6) is 0 Å². The minimum Gasteiger partial charge on any atom is -0.357 e. The molecule has 0 saturated carbocycles. The topological polar surface area (TPSA) is 78.1 Å². The average molecular weight is 336 g/mol. The molecule has 2 heterocycles. The van der Waals surface area contributed by atoms with E-state index in [4.69, 9.17) is 0 Å². The van der Waals surface area contributed by atoms with E-state index in [9.17, 15) is 9.59 Å². The van der Waals surface area contributed by atoms with Gasteiger partial charge >= 0.3 is 0 Å². The summed E-state index contributed by atoms with van der Waals surface area (Å²) in [5.74, 6) is 0.488. The number of aromatic nitrogens is 2. The van der Waals surface area contributed by atoms with Crippen molar-refractivity contribution in [2.45, 2.75) is 13.8 Å². The standard InChI is InChI=1S/C19H20N4O2/c1-3-23(4-2)17-10-9-14(12-20-17)21-19(25)16-11-13-7-5-6-8-15(13)18(24)22-16/h5-12H,3-4H2,1-2H3,(H,21,25)(H,22,24). The van der Waals surface area contributed by atoms with Gasteiger partial charge in [-0.05, 0) is 43.5 Å². The van der Waals surface area contributed by atoms with Gasteiger partial charge in [0.15, 0.2) is 0 Å². The van der Waals surface area contributed by atoms with Gasteiger partial charge in [0.2, 0.25) is 0 Å². The Morgan fingerprint density at radius 1 is 1.16 bits per heavy atom. The number of carbonyl (C=O) groups excluding carboxylic acids is 1. The lowest BCUT2D eigenvalue weighted by Gasteiger charge is -2.19. The Morgan fingerprint density at radius 2 is 1.92 bits per heavy atom. The summed E-state index contributed by atoms with van der Waals surface area (Å²) in [5, 5.41) is 4.05. The molecule has 0 aliphatic rings. The molecule has 25 heavy (non-hydrogen) atoms. The summed E-state index contributed by atoms with van der Waals surface area (Å²) in [6, 6.07) is 12.5. The number of H-pyrrole nitrogens is 1. The number of hydrogen-bond donors (Lipinski definition) is 2. The zero-order valence-electron chi connectivity index (χ0n) is 14.2. The molecule has 2 aromatic heterocycles. The van der Waals surface area contributed by atoms with Gasteiger partial charge < -0.3 is 15.2 Å². The molecule has 1 amide bonds. The summed E-state index contributed by atoms with van der Waals surface area (Å²) in [4.78, 5) is 33.6. The molecule has 0 aliphatic heterocycles. The third-order valence-electron chi connectivity index (χ3n) is 4.09. The summed E-state index contributed by atoms with van der Waals surface area (Å²) in [6.07, 6.45) is 1.62. The predicted molar refractivity (Wildman–Crippen MR) is 100 cm³/mol. The second-order valence-corrected chi connectivity index (χ2v) is 5.63. The number of nitrogens with zero attached hydrogens (tertiary/aromatic N) is 2. The molecule has 0 spiro atoms. The van der Waals surface area contributed by atoms with E-state index >= 15 is 0 Å². The van der Waals surface area contributed by atoms with Gasteiger partial charge in [0.05, 0.1) is 11.9 Å². The molecule has 2 N–H and O–H groups in total. The number of anilines is 2. The zero-order chi connectivity index (χ0) is 17.8. The maximum absolute atomic E-state index is 12.4. The molecule has 3 aromatic rings. The third kappa shape index (κ3) is 3.52. The SMILES string of the molecule is CCN(CC)c1ccc(NC(=O)c2cc3ccccc3c(=O)[nH]2)cn1. The molecule has 6 nitrogen and oxygen atoms in total. The largest absolute Gasteiger partial charge is 0.357 e. The van der Waals surface area contributed by atoms with Crippen LogP contribution in [0.2, 0.25) is 0 Å². The highest BCUT2D eigenvalue weighted by Gasteiger charge is 2.10. The van der Waals surface area contributed by atoms with Crippen LogP contribution in [-0.4, -0.2) is 29.0 Å². The van der Waals surface area contributed by atoms with Gasteiger partial charge in [-0.15, -0.1) is 0 Å². The first kappa shape index (κ1) is 16.7. The first-order valence-corrected chi connectivity index (χ1v) is 8.26. The highest BCUT2D eigenvalue weighted by molar-refractivity contribution is 6.04. The Labute approximate surface area is 145 Å². The second-order valence-electron chi connectivity index (χ2n) is 5.63. The zero-order valence-corrected chi connectivity index (χ0v) is 14.2. The van der Waals surface area contributed by atoms with Crippen molar-refractivity contribution in [3.8, 4) is 0 Å². The van der Waals surface area contributed by atoms with Gasteiger partial charge in [0.1, 0.15) is 11.5 Å². The minimum atomic E-state index is -0.375. The van der Waals surface area contributed by atoms with Crippen molar-refractivity contribution < 1.29 is 4.79 Å².